The van der Waals surface area contributed by atoms with Gasteiger partial charge in [-0.25, -0.2) is 10.6 Å². The van der Waals surface area contributed by atoms with E-state index in [1.165, 1.54) is 11.9 Å². The van der Waals surface area contributed by atoms with E-state index in [0.29, 0.717) is 0 Å². The fourth-order valence-corrected chi connectivity index (χ4v) is 1.90. The van der Waals surface area contributed by atoms with Crippen molar-refractivity contribution in [2.75, 3.05) is 6.54 Å². The number of rotatable bonds is 7. The lowest BCUT2D eigenvalue weighted by Crippen LogP contribution is -2.39. The lowest BCUT2D eigenvalue weighted by molar-refractivity contribution is -0.140. The second kappa shape index (κ2) is 8.55. The van der Waals surface area contributed by atoms with Crippen molar-refractivity contribution in [3.05, 3.63) is 11.3 Å². The highest BCUT2D eigenvalue weighted by atomic mass is 16.7. The number of oxime groups is 1. The summed E-state index contributed by atoms with van der Waals surface area (Å²) in [5, 5.41) is 13.0. The summed E-state index contributed by atoms with van der Waals surface area (Å²) in [7, 11) is 0. The fraction of sp³-hybridized carbons (Fsp3) is 0.692. The zero-order valence-electron chi connectivity index (χ0n) is 12.9. The van der Waals surface area contributed by atoms with E-state index in [4.69, 9.17) is 16.7 Å². The average Bonchev–Trinajstić information content (AvgIpc) is 2.35. The summed E-state index contributed by atoms with van der Waals surface area (Å²) in [6.07, 6.45) is 0.420. The molecule has 20 heavy (non-hydrogen) atoms. The van der Waals surface area contributed by atoms with Crippen molar-refractivity contribution in [3.8, 4) is 0 Å². The lowest BCUT2D eigenvalue weighted by Gasteiger charge is -2.25. The minimum absolute atomic E-state index is 0.100. The molecule has 116 valence electrons. The van der Waals surface area contributed by atoms with Gasteiger partial charge in [0.05, 0.1) is 6.54 Å². The summed E-state index contributed by atoms with van der Waals surface area (Å²) in [5.41, 5.74) is 7.39. The monoisotopic (exact) mass is 287 g/mol. The Morgan fingerprint density at radius 1 is 1.40 bits per heavy atom. The maximum absolute atomic E-state index is 10.6. The molecule has 0 aromatic carbocycles. The van der Waals surface area contributed by atoms with Gasteiger partial charge in [-0.2, -0.15) is 0 Å². The van der Waals surface area contributed by atoms with Crippen molar-refractivity contribution < 1.29 is 14.7 Å². The van der Waals surface area contributed by atoms with Crippen LogP contribution >= 0.6 is 0 Å². The van der Waals surface area contributed by atoms with Crippen molar-refractivity contribution in [2.45, 2.75) is 47.1 Å². The molecule has 0 radical (unpaired) electrons. The molecule has 0 saturated carbocycles. The Morgan fingerprint density at radius 2 is 1.95 bits per heavy atom. The van der Waals surface area contributed by atoms with E-state index in [1.54, 1.807) is 0 Å². The Balaban J connectivity index is 5.00. The van der Waals surface area contributed by atoms with Crippen LogP contribution in [0, 0.1) is 5.92 Å². The molecule has 1 unspecified atom stereocenters. The van der Waals surface area contributed by atoms with Crippen molar-refractivity contribution >= 4 is 11.8 Å². The maximum atomic E-state index is 10.6. The van der Waals surface area contributed by atoms with Crippen LogP contribution in [0.15, 0.2) is 16.4 Å². The first-order valence-corrected chi connectivity index (χ1v) is 6.64. The molecule has 0 rings (SSSR count). The number of nitrogens with zero attached hydrogens (tertiary/aromatic N) is 2. The van der Waals surface area contributed by atoms with Gasteiger partial charge >= 0.3 is 5.97 Å². The van der Waals surface area contributed by atoms with Gasteiger partial charge in [0.25, 0.3) is 0 Å². The first kappa shape index (κ1) is 18.4. The normalized spacial score (nSPS) is 14.9. The SMILES string of the molecule is CCC([OH2+])/C(=C(\C)N(N)C/C(N)=N\OC(C)=O)C(C)C. The minimum Gasteiger partial charge on any atom is -0.440 e. The third kappa shape index (κ3) is 6.03. The second-order valence-electron chi connectivity index (χ2n) is 4.95. The summed E-state index contributed by atoms with van der Waals surface area (Å²) >= 11 is 0. The van der Waals surface area contributed by atoms with E-state index >= 15 is 0 Å². The average molecular weight is 287 g/mol. The topological polar surface area (TPSA) is 117 Å². The van der Waals surface area contributed by atoms with Crippen LogP contribution in [0.3, 0.4) is 0 Å². The predicted octanol–water partition coefficient (Wildman–Crippen LogP) is 0.431. The Morgan fingerprint density at radius 3 is 2.35 bits per heavy atom. The van der Waals surface area contributed by atoms with E-state index in [2.05, 4.69) is 9.99 Å². The minimum atomic E-state index is -0.538. The molecule has 0 aliphatic rings. The molecule has 0 aliphatic carbocycles. The Hall–Kier alpha value is -1.60. The third-order valence-electron chi connectivity index (χ3n) is 2.88. The van der Waals surface area contributed by atoms with Crippen LogP contribution in [0.1, 0.15) is 41.0 Å². The van der Waals surface area contributed by atoms with Gasteiger partial charge in [-0.15, -0.1) is 0 Å². The van der Waals surface area contributed by atoms with Gasteiger partial charge in [0.2, 0.25) is 0 Å². The zero-order valence-corrected chi connectivity index (χ0v) is 12.9. The molecule has 0 amide bonds. The number of amidine groups is 1. The number of hydrazine groups is 1. The number of allylic oxidation sites excluding steroid dienone is 1. The first-order chi connectivity index (χ1) is 9.20. The van der Waals surface area contributed by atoms with Crippen LogP contribution in [-0.4, -0.2) is 34.6 Å². The summed E-state index contributed by atoms with van der Waals surface area (Å²) < 4.78 is 0. The van der Waals surface area contributed by atoms with Gasteiger partial charge in [0.15, 0.2) is 11.9 Å². The summed E-state index contributed by atoms with van der Waals surface area (Å²) in [6.45, 7) is 9.24. The molecule has 0 fully saturated rings. The van der Waals surface area contributed by atoms with Crippen molar-refractivity contribution in [1.29, 1.82) is 0 Å². The molecule has 0 spiro atoms. The molecular weight excluding hydrogens is 260 g/mol. The quantitative estimate of drug-likeness (QED) is 0.176. The molecule has 0 aliphatic heterocycles. The van der Waals surface area contributed by atoms with Gasteiger partial charge in [0, 0.05) is 24.6 Å². The highest BCUT2D eigenvalue weighted by molar-refractivity contribution is 5.82. The molecule has 0 saturated heterocycles. The van der Waals surface area contributed by atoms with Crippen molar-refractivity contribution in [2.24, 2.45) is 22.6 Å². The Kier molecular flexibility index (Phi) is 7.86. The largest absolute Gasteiger partial charge is 0.440 e. The number of carbonyl (C=O) groups excluding carboxylic acids is 1. The zero-order chi connectivity index (χ0) is 15.9. The van der Waals surface area contributed by atoms with E-state index in [1.807, 2.05) is 27.7 Å². The molecular formula is C13H27N4O3+. The summed E-state index contributed by atoms with van der Waals surface area (Å²) in [5.74, 6) is 5.73. The predicted molar refractivity (Wildman–Crippen MR) is 79.5 cm³/mol. The van der Waals surface area contributed by atoms with Gasteiger partial charge in [0.1, 0.15) is 0 Å². The van der Waals surface area contributed by atoms with E-state index in [-0.39, 0.29) is 24.4 Å². The molecule has 0 bridgehead atoms. The number of hydrogen-bond acceptors (Lipinski definition) is 5. The van der Waals surface area contributed by atoms with Gasteiger partial charge in [-0.3, -0.25) is 0 Å². The Labute approximate surface area is 120 Å². The first-order valence-electron chi connectivity index (χ1n) is 6.64. The van der Waals surface area contributed by atoms with E-state index < -0.39 is 5.97 Å². The molecule has 0 aromatic heterocycles. The highest BCUT2D eigenvalue weighted by Gasteiger charge is 2.22. The standard InChI is InChI=1S/C13H26N4O3/c1-6-11(19)13(8(2)3)9(4)17(15)7-12(14)16-20-10(5)18/h8,11,19H,6-7,15H2,1-5H3,(H2,14,16)/p+1/b13-9+. The molecule has 7 nitrogen and oxygen atoms in total. The third-order valence-corrected chi connectivity index (χ3v) is 2.88. The Bertz CT molecular complexity index is 391. The number of nitrogens with two attached hydrogens (primary N) is 2. The highest BCUT2D eigenvalue weighted by Crippen LogP contribution is 2.21. The van der Waals surface area contributed by atoms with Crippen LogP contribution in [0.4, 0.5) is 0 Å². The molecule has 7 heteroatoms. The number of carbonyl (C=O) groups is 1. The van der Waals surface area contributed by atoms with Crippen molar-refractivity contribution in [1.82, 2.24) is 5.01 Å². The lowest BCUT2D eigenvalue weighted by atomic mass is 9.94. The van der Waals surface area contributed by atoms with Gasteiger partial charge in [-0.1, -0.05) is 25.9 Å². The molecule has 0 aromatic rings. The van der Waals surface area contributed by atoms with Gasteiger partial charge in [-0.05, 0) is 12.8 Å². The summed E-state index contributed by atoms with van der Waals surface area (Å²) in [6, 6.07) is 0. The molecule has 1 atom stereocenters. The maximum Gasteiger partial charge on any atom is 0.332 e. The smallest absolute Gasteiger partial charge is 0.332 e. The summed E-state index contributed by atoms with van der Waals surface area (Å²) in [4.78, 5) is 15.1. The van der Waals surface area contributed by atoms with Crippen LogP contribution < -0.4 is 11.6 Å². The van der Waals surface area contributed by atoms with Crippen molar-refractivity contribution in [3.63, 3.8) is 0 Å². The van der Waals surface area contributed by atoms with Gasteiger partial charge < -0.3 is 20.7 Å². The van der Waals surface area contributed by atoms with E-state index in [0.717, 1.165) is 17.7 Å². The van der Waals surface area contributed by atoms with E-state index in [9.17, 15) is 4.79 Å². The van der Waals surface area contributed by atoms with Crippen LogP contribution in [0.5, 0.6) is 0 Å². The molecule has 6 N–H and O–H groups in total. The van der Waals surface area contributed by atoms with Crippen LogP contribution in [-0.2, 0) is 9.63 Å². The number of hydrogen-bond donors (Lipinski definition) is 2. The fourth-order valence-electron chi connectivity index (χ4n) is 1.90. The second-order valence-corrected chi connectivity index (χ2v) is 4.95. The van der Waals surface area contributed by atoms with Crippen LogP contribution in [0.25, 0.3) is 0 Å². The van der Waals surface area contributed by atoms with Crippen LogP contribution in [0.2, 0.25) is 0 Å². The molecule has 0 heterocycles.